The van der Waals surface area contributed by atoms with Gasteiger partial charge in [0.05, 0.1) is 6.26 Å². The van der Waals surface area contributed by atoms with Crippen molar-refractivity contribution in [2.75, 3.05) is 10.9 Å². The van der Waals surface area contributed by atoms with Crippen LogP contribution in [0.25, 0.3) is 0 Å². The van der Waals surface area contributed by atoms with Crippen molar-refractivity contribution in [1.82, 2.24) is 4.72 Å². The highest BCUT2D eigenvalue weighted by atomic mass is 127. The van der Waals surface area contributed by atoms with Crippen LogP contribution < -0.4 is 4.72 Å². The Hall–Kier alpha value is -0.0500. The van der Waals surface area contributed by atoms with Crippen LogP contribution in [0.5, 0.6) is 0 Å². The second kappa shape index (κ2) is 3.96. The van der Waals surface area contributed by atoms with Gasteiger partial charge >= 0.3 is 6.09 Å². The fourth-order valence-corrected chi connectivity index (χ4v) is 0.875. The third-order valence-electron chi connectivity index (χ3n) is 0.454. The summed E-state index contributed by atoms with van der Waals surface area (Å²) >= 11 is 1.78. The first kappa shape index (κ1) is 9.95. The summed E-state index contributed by atoms with van der Waals surface area (Å²) in [6.45, 7) is 0. The highest BCUT2D eigenvalue weighted by Crippen LogP contribution is 1.85. The average Bonchev–Trinajstić information content (AvgIpc) is 1.59. The quantitative estimate of drug-likeness (QED) is 0.573. The molecule has 0 saturated carbocycles. The van der Waals surface area contributed by atoms with Crippen LogP contribution in [0.2, 0.25) is 0 Å². The van der Waals surface area contributed by atoms with E-state index < -0.39 is 16.1 Å². The van der Waals surface area contributed by atoms with Crippen molar-refractivity contribution in [2.24, 2.45) is 0 Å². The molecular weight excluding hydrogens is 273 g/mol. The van der Waals surface area contributed by atoms with Crippen LogP contribution in [-0.2, 0) is 14.8 Å². The number of rotatable bonds is 2. The average molecular weight is 279 g/mol. The number of hydrogen-bond acceptors (Lipinski definition) is 4. The predicted molar refractivity (Wildman–Crippen MR) is 43.3 cm³/mol. The van der Waals surface area contributed by atoms with Crippen LogP contribution in [0, 0.1) is 0 Å². The zero-order valence-electron chi connectivity index (χ0n) is 5.13. The van der Waals surface area contributed by atoms with E-state index in [1.54, 1.807) is 27.3 Å². The number of carbonyl (C=O) groups is 1. The van der Waals surface area contributed by atoms with Crippen LogP contribution in [0.1, 0.15) is 0 Å². The van der Waals surface area contributed by atoms with Crippen molar-refractivity contribution in [2.45, 2.75) is 0 Å². The third kappa shape index (κ3) is 6.08. The van der Waals surface area contributed by atoms with Crippen LogP contribution in [-0.4, -0.2) is 25.4 Å². The lowest BCUT2D eigenvalue weighted by Gasteiger charge is -1.99. The Balaban J connectivity index is 3.82. The van der Waals surface area contributed by atoms with E-state index in [1.165, 1.54) is 0 Å². The lowest BCUT2D eigenvalue weighted by atomic mass is 11.2. The summed E-state index contributed by atoms with van der Waals surface area (Å²) in [6, 6.07) is 0. The molecule has 0 radical (unpaired) electrons. The molecule has 0 unspecified atom stereocenters. The molecule has 0 atom stereocenters. The van der Waals surface area contributed by atoms with Gasteiger partial charge in [0.25, 0.3) is 0 Å². The fraction of sp³-hybridized carbons (Fsp3) is 0.667. The smallest absolute Gasteiger partial charge is 0.421 e. The third-order valence-corrected chi connectivity index (χ3v) is 1.30. The molecule has 0 heterocycles. The number of hydrogen-bond donors (Lipinski definition) is 1. The summed E-state index contributed by atoms with van der Waals surface area (Å²) in [6.07, 6.45) is -0.0709. The second-order valence-corrected chi connectivity index (χ2v) is 3.79. The van der Waals surface area contributed by atoms with Crippen molar-refractivity contribution in [3.8, 4) is 0 Å². The lowest BCUT2D eigenvalue weighted by molar-refractivity contribution is 0.175. The molecule has 5 nitrogen and oxygen atoms in total. The Morgan fingerprint density at radius 2 is 2.20 bits per heavy atom. The van der Waals surface area contributed by atoms with Gasteiger partial charge in [0.2, 0.25) is 10.0 Å². The van der Waals surface area contributed by atoms with Crippen LogP contribution >= 0.6 is 22.6 Å². The Labute approximate surface area is 72.3 Å². The molecular formula is C3H6INO4S. The molecule has 1 N–H and O–H groups in total. The largest absolute Gasteiger partial charge is 0.438 e. The maximum Gasteiger partial charge on any atom is 0.421 e. The van der Waals surface area contributed by atoms with E-state index in [1.807, 2.05) is 0 Å². The Bertz CT molecular complexity index is 211. The number of alkyl halides is 1. The maximum atomic E-state index is 10.3. The Morgan fingerprint density at radius 1 is 1.70 bits per heavy atom. The highest BCUT2D eigenvalue weighted by molar-refractivity contribution is 14.1. The van der Waals surface area contributed by atoms with Gasteiger partial charge in [0.1, 0.15) is 4.61 Å². The van der Waals surface area contributed by atoms with Gasteiger partial charge in [0, 0.05) is 0 Å². The molecule has 0 spiro atoms. The van der Waals surface area contributed by atoms with Crippen LogP contribution in [0.4, 0.5) is 4.79 Å². The van der Waals surface area contributed by atoms with Gasteiger partial charge in [-0.25, -0.2) is 17.9 Å². The summed E-state index contributed by atoms with van der Waals surface area (Å²) in [4.78, 5) is 10.3. The molecule has 0 saturated heterocycles. The predicted octanol–water partition coefficient (Wildman–Crippen LogP) is 0.0647. The lowest BCUT2D eigenvalue weighted by Crippen LogP contribution is -2.29. The molecule has 0 aliphatic carbocycles. The number of amides is 1. The van der Waals surface area contributed by atoms with Gasteiger partial charge in [0.15, 0.2) is 0 Å². The van der Waals surface area contributed by atoms with E-state index in [2.05, 4.69) is 4.74 Å². The number of nitrogens with one attached hydrogen (secondary N) is 1. The van der Waals surface area contributed by atoms with Crippen molar-refractivity contribution >= 4 is 38.7 Å². The molecule has 0 rings (SSSR count). The molecule has 1 amide bonds. The fourth-order valence-electron chi connectivity index (χ4n) is 0.230. The minimum atomic E-state index is -3.47. The molecule has 0 aliphatic rings. The van der Waals surface area contributed by atoms with Gasteiger partial charge < -0.3 is 4.74 Å². The molecule has 0 fully saturated rings. The van der Waals surface area contributed by atoms with Gasteiger partial charge in [-0.1, -0.05) is 0 Å². The molecule has 0 aromatic rings. The van der Waals surface area contributed by atoms with Crippen molar-refractivity contribution in [1.29, 1.82) is 0 Å². The van der Waals surface area contributed by atoms with E-state index in [0.717, 1.165) is 6.26 Å². The summed E-state index contributed by atoms with van der Waals surface area (Å²) in [5.74, 6) is 0. The summed E-state index contributed by atoms with van der Waals surface area (Å²) in [5, 5.41) is 0. The van der Waals surface area contributed by atoms with Gasteiger partial charge in [-0.3, -0.25) is 0 Å². The van der Waals surface area contributed by atoms with Gasteiger partial charge in [-0.05, 0) is 22.6 Å². The van der Waals surface area contributed by atoms with Crippen LogP contribution in [0.15, 0.2) is 0 Å². The standard InChI is InChI=1S/C3H6INO4S/c1-10(7,8)5-3(6)9-2-4/h2H2,1H3,(H,5,6). The zero-order valence-corrected chi connectivity index (χ0v) is 8.10. The molecule has 0 aromatic carbocycles. The zero-order chi connectivity index (χ0) is 8.20. The van der Waals surface area contributed by atoms with Gasteiger partial charge in [-0.2, -0.15) is 0 Å². The first-order valence-corrected chi connectivity index (χ1v) is 5.58. The van der Waals surface area contributed by atoms with E-state index >= 15 is 0 Å². The molecule has 60 valence electrons. The maximum absolute atomic E-state index is 10.3. The van der Waals surface area contributed by atoms with Crippen LogP contribution in [0.3, 0.4) is 0 Å². The normalized spacial score (nSPS) is 10.6. The van der Waals surface area contributed by atoms with Crippen molar-refractivity contribution in [3.63, 3.8) is 0 Å². The van der Waals surface area contributed by atoms with Crippen molar-refractivity contribution in [3.05, 3.63) is 0 Å². The highest BCUT2D eigenvalue weighted by Gasteiger charge is 2.07. The second-order valence-electron chi connectivity index (χ2n) is 1.42. The minimum Gasteiger partial charge on any atom is -0.438 e. The van der Waals surface area contributed by atoms with E-state index in [4.69, 9.17) is 0 Å². The molecule has 0 aromatic heterocycles. The number of halogens is 1. The topological polar surface area (TPSA) is 72.5 Å². The first-order valence-electron chi connectivity index (χ1n) is 2.16. The van der Waals surface area contributed by atoms with E-state index in [9.17, 15) is 13.2 Å². The summed E-state index contributed by atoms with van der Waals surface area (Å²) in [5.41, 5.74) is 0. The Kier molecular flexibility index (Phi) is 3.94. The molecule has 10 heavy (non-hydrogen) atoms. The van der Waals surface area contributed by atoms with E-state index in [0.29, 0.717) is 0 Å². The summed E-state index contributed by atoms with van der Waals surface area (Å²) < 4.78 is 26.6. The first-order chi connectivity index (χ1) is 4.45. The molecule has 0 aliphatic heterocycles. The summed E-state index contributed by atoms with van der Waals surface area (Å²) in [7, 11) is -3.47. The number of ether oxygens (including phenoxy) is 1. The van der Waals surface area contributed by atoms with Gasteiger partial charge in [-0.15, -0.1) is 0 Å². The molecule has 0 bridgehead atoms. The number of carbonyl (C=O) groups excluding carboxylic acids is 1. The SMILES string of the molecule is CS(=O)(=O)NC(=O)OCI. The monoisotopic (exact) mass is 279 g/mol. The minimum absolute atomic E-state index is 0.124. The van der Waals surface area contributed by atoms with E-state index in [-0.39, 0.29) is 4.61 Å². The van der Waals surface area contributed by atoms with Crippen molar-refractivity contribution < 1.29 is 17.9 Å². The Morgan fingerprint density at radius 3 is 2.50 bits per heavy atom. The molecule has 7 heteroatoms. The number of sulfonamides is 1.